The van der Waals surface area contributed by atoms with Gasteiger partial charge in [0.2, 0.25) is 0 Å². The second kappa shape index (κ2) is 4.80. The van der Waals surface area contributed by atoms with Crippen LogP contribution in [-0.4, -0.2) is 25.4 Å². The van der Waals surface area contributed by atoms with E-state index in [2.05, 4.69) is 18.9 Å². The van der Waals surface area contributed by atoms with Gasteiger partial charge < -0.3 is 5.11 Å². The lowest BCUT2D eigenvalue weighted by molar-refractivity contribution is 0.125. The van der Waals surface area contributed by atoms with E-state index in [9.17, 15) is 5.11 Å². The number of hydrogen-bond acceptors (Lipinski definition) is 3. The molecule has 0 bridgehead atoms. The molecule has 1 aliphatic heterocycles. The Labute approximate surface area is 101 Å². The molecule has 1 N–H and O–H groups in total. The SMILES string of the molecule is CCCn1nccc1C(O)C1(C)CCCS1. The fourth-order valence-corrected chi connectivity index (χ4v) is 3.63. The largest absolute Gasteiger partial charge is 0.385 e. The number of aliphatic hydroxyl groups excluding tert-OH is 1. The Morgan fingerprint density at radius 3 is 3.12 bits per heavy atom. The molecule has 0 saturated carbocycles. The topological polar surface area (TPSA) is 38.0 Å². The highest BCUT2D eigenvalue weighted by molar-refractivity contribution is 8.00. The van der Waals surface area contributed by atoms with Crippen LogP contribution in [0.3, 0.4) is 0 Å². The van der Waals surface area contributed by atoms with Crippen LogP contribution in [0.4, 0.5) is 0 Å². The summed E-state index contributed by atoms with van der Waals surface area (Å²) in [6.07, 6.45) is 4.74. The van der Waals surface area contributed by atoms with Crippen molar-refractivity contribution >= 4 is 11.8 Å². The summed E-state index contributed by atoms with van der Waals surface area (Å²) in [7, 11) is 0. The highest BCUT2D eigenvalue weighted by Gasteiger charge is 2.39. The molecule has 1 aromatic rings. The predicted octanol–water partition coefficient (Wildman–Crippen LogP) is 2.61. The third-order valence-electron chi connectivity index (χ3n) is 3.29. The Morgan fingerprint density at radius 1 is 1.69 bits per heavy atom. The second-order valence-electron chi connectivity index (χ2n) is 4.65. The van der Waals surface area contributed by atoms with E-state index in [1.807, 2.05) is 22.5 Å². The van der Waals surface area contributed by atoms with Gasteiger partial charge in [-0.2, -0.15) is 16.9 Å². The molecule has 1 fully saturated rings. The summed E-state index contributed by atoms with van der Waals surface area (Å²) in [4.78, 5) is 0. The molecule has 4 heteroatoms. The van der Waals surface area contributed by atoms with Gasteiger partial charge in [0.05, 0.1) is 5.69 Å². The molecule has 0 aromatic carbocycles. The van der Waals surface area contributed by atoms with Crippen LogP contribution in [0.1, 0.15) is 44.9 Å². The highest BCUT2D eigenvalue weighted by atomic mass is 32.2. The number of aryl methyl sites for hydroxylation is 1. The van der Waals surface area contributed by atoms with Gasteiger partial charge in [0.15, 0.2) is 0 Å². The third kappa shape index (κ3) is 2.13. The van der Waals surface area contributed by atoms with Crippen molar-refractivity contribution in [2.75, 3.05) is 5.75 Å². The Hall–Kier alpha value is -0.480. The average Bonchev–Trinajstić information content (AvgIpc) is 2.88. The third-order valence-corrected chi connectivity index (χ3v) is 4.87. The number of thioether (sulfide) groups is 1. The van der Waals surface area contributed by atoms with Gasteiger partial charge in [-0.3, -0.25) is 4.68 Å². The number of hydrogen-bond donors (Lipinski definition) is 1. The van der Waals surface area contributed by atoms with Crippen LogP contribution in [0.25, 0.3) is 0 Å². The normalized spacial score (nSPS) is 27.2. The smallest absolute Gasteiger partial charge is 0.110 e. The van der Waals surface area contributed by atoms with Gasteiger partial charge in [0.1, 0.15) is 6.10 Å². The summed E-state index contributed by atoms with van der Waals surface area (Å²) in [5, 5.41) is 14.8. The first kappa shape index (κ1) is 12.0. The van der Waals surface area contributed by atoms with Crippen molar-refractivity contribution in [3.63, 3.8) is 0 Å². The summed E-state index contributed by atoms with van der Waals surface area (Å²) in [5.41, 5.74) is 0.971. The molecule has 0 aliphatic carbocycles. The van der Waals surface area contributed by atoms with Crippen LogP contribution >= 0.6 is 11.8 Å². The first-order valence-corrected chi connectivity index (χ1v) is 6.99. The zero-order valence-electron chi connectivity index (χ0n) is 10.0. The summed E-state index contributed by atoms with van der Waals surface area (Å²) in [5.74, 6) is 1.16. The number of rotatable bonds is 4. The minimum Gasteiger partial charge on any atom is -0.385 e. The number of aromatic nitrogens is 2. The van der Waals surface area contributed by atoms with Crippen LogP contribution in [-0.2, 0) is 6.54 Å². The Kier molecular flexibility index (Phi) is 3.60. The molecule has 1 saturated heterocycles. The lowest BCUT2D eigenvalue weighted by Gasteiger charge is -2.29. The van der Waals surface area contributed by atoms with Crippen molar-refractivity contribution in [3.05, 3.63) is 18.0 Å². The van der Waals surface area contributed by atoms with Crippen molar-refractivity contribution in [1.29, 1.82) is 0 Å². The molecule has 16 heavy (non-hydrogen) atoms. The molecule has 2 heterocycles. The van der Waals surface area contributed by atoms with Gasteiger partial charge in [0.25, 0.3) is 0 Å². The molecule has 1 aliphatic rings. The maximum Gasteiger partial charge on any atom is 0.110 e. The first-order valence-electron chi connectivity index (χ1n) is 6.01. The van der Waals surface area contributed by atoms with Crippen molar-refractivity contribution in [3.8, 4) is 0 Å². The molecule has 0 spiro atoms. The monoisotopic (exact) mass is 240 g/mol. The highest BCUT2D eigenvalue weighted by Crippen LogP contribution is 2.46. The zero-order chi connectivity index (χ0) is 11.6. The summed E-state index contributed by atoms with van der Waals surface area (Å²) >= 11 is 1.89. The van der Waals surface area contributed by atoms with E-state index < -0.39 is 6.10 Å². The second-order valence-corrected chi connectivity index (χ2v) is 6.28. The quantitative estimate of drug-likeness (QED) is 0.879. The standard InChI is InChI=1S/C12H20N2OS/c1-3-8-14-10(5-7-13-14)11(15)12(2)6-4-9-16-12/h5,7,11,15H,3-4,6,8-9H2,1-2H3. The molecule has 0 radical (unpaired) electrons. The van der Waals surface area contributed by atoms with Gasteiger partial charge in [-0.25, -0.2) is 0 Å². The van der Waals surface area contributed by atoms with E-state index in [0.29, 0.717) is 0 Å². The molecule has 1 aromatic heterocycles. The van der Waals surface area contributed by atoms with E-state index in [-0.39, 0.29) is 4.75 Å². The van der Waals surface area contributed by atoms with E-state index >= 15 is 0 Å². The van der Waals surface area contributed by atoms with E-state index in [4.69, 9.17) is 0 Å². The van der Waals surface area contributed by atoms with E-state index in [1.165, 1.54) is 6.42 Å². The van der Waals surface area contributed by atoms with Crippen molar-refractivity contribution < 1.29 is 5.11 Å². The van der Waals surface area contributed by atoms with Gasteiger partial charge in [-0.15, -0.1) is 0 Å². The molecule has 90 valence electrons. The van der Waals surface area contributed by atoms with Crippen LogP contribution in [0.2, 0.25) is 0 Å². The Morgan fingerprint density at radius 2 is 2.50 bits per heavy atom. The number of nitrogens with zero attached hydrogens (tertiary/aromatic N) is 2. The molecule has 2 rings (SSSR count). The maximum atomic E-state index is 10.5. The fourth-order valence-electron chi connectivity index (χ4n) is 2.30. The summed E-state index contributed by atoms with van der Waals surface area (Å²) < 4.78 is 1.92. The summed E-state index contributed by atoms with van der Waals surface area (Å²) in [6.45, 7) is 5.18. The van der Waals surface area contributed by atoms with Crippen LogP contribution < -0.4 is 0 Å². The van der Waals surface area contributed by atoms with Crippen molar-refractivity contribution in [2.45, 2.75) is 50.5 Å². The summed E-state index contributed by atoms with van der Waals surface area (Å²) in [6, 6.07) is 1.95. The molecule has 3 nitrogen and oxygen atoms in total. The van der Waals surface area contributed by atoms with Crippen molar-refractivity contribution in [1.82, 2.24) is 9.78 Å². The Balaban J connectivity index is 2.19. The zero-order valence-corrected chi connectivity index (χ0v) is 10.8. The van der Waals surface area contributed by atoms with Gasteiger partial charge in [0, 0.05) is 17.5 Å². The molecular formula is C12H20N2OS. The maximum absolute atomic E-state index is 10.5. The minimum absolute atomic E-state index is 0.0223. The average molecular weight is 240 g/mol. The molecule has 0 amide bonds. The van der Waals surface area contributed by atoms with Crippen LogP contribution in [0.5, 0.6) is 0 Å². The minimum atomic E-state index is -0.394. The molecule has 2 unspecified atom stereocenters. The lowest BCUT2D eigenvalue weighted by Crippen LogP contribution is -2.28. The van der Waals surface area contributed by atoms with Crippen molar-refractivity contribution in [2.24, 2.45) is 0 Å². The predicted molar refractivity (Wildman–Crippen MR) is 67.6 cm³/mol. The Bertz CT molecular complexity index is 345. The van der Waals surface area contributed by atoms with E-state index in [1.54, 1.807) is 6.20 Å². The van der Waals surface area contributed by atoms with Crippen LogP contribution in [0, 0.1) is 0 Å². The molecule has 2 atom stereocenters. The van der Waals surface area contributed by atoms with E-state index in [0.717, 1.165) is 30.8 Å². The fraction of sp³-hybridized carbons (Fsp3) is 0.750. The van der Waals surface area contributed by atoms with Gasteiger partial charge in [-0.05, 0) is 38.0 Å². The lowest BCUT2D eigenvalue weighted by atomic mass is 9.96. The van der Waals surface area contributed by atoms with Gasteiger partial charge >= 0.3 is 0 Å². The molecular weight excluding hydrogens is 220 g/mol. The van der Waals surface area contributed by atoms with Gasteiger partial charge in [-0.1, -0.05) is 6.92 Å². The first-order chi connectivity index (χ1) is 7.67. The number of aliphatic hydroxyl groups is 1. The van der Waals surface area contributed by atoms with Crippen LogP contribution in [0.15, 0.2) is 12.3 Å².